The molecule has 128 valence electrons. The zero-order valence-corrected chi connectivity index (χ0v) is 14.7. The Balaban J connectivity index is 1.70. The number of rotatable bonds is 5. The fourth-order valence-corrected chi connectivity index (χ4v) is 4.32. The second-order valence-electron chi connectivity index (χ2n) is 5.54. The van der Waals surface area contributed by atoms with Crippen LogP contribution in [-0.2, 0) is 10.0 Å². The van der Waals surface area contributed by atoms with Crippen molar-refractivity contribution >= 4 is 27.4 Å². The Morgan fingerprint density at radius 2 is 2.17 bits per heavy atom. The number of aromatic nitrogens is 1. The van der Waals surface area contributed by atoms with E-state index in [0.717, 1.165) is 18.8 Å². The van der Waals surface area contributed by atoms with Gasteiger partial charge >= 0.3 is 0 Å². The number of halogens is 1. The zero-order valence-electron chi connectivity index (χ0n) is 13.1. The number of hydrogen-bond acceptors (Lipinski definition) is 5. The number of ether oxygens (including phenoxy) is 1. The first-order chi connectivity index (χ1) is 11.5. The Labute approximate surface area is 146 Å². The molecule has 6 nitrogen and oxygen atoms in total. The van der Waals surface area contributed by atoms with Crippen molar-refractivity contribution in [3.63, 3.8) is 0 Å². The van der Waals surface area contributed by atoms with Crippen molar-refractivity contribution in [1.82, 2.24) is 9.71 Å². The van der Waals surface area contributed by atoms with E-state index in [9.17, 15) is 8.42 Å². The normalized spacial score (nSPS) is 17.9. The Morgan fingerprint density at radius 1 is 1.33 bits per heavy atom. The highest BCUT2D eigenvalue weighted by molar-refractivity contribution is 7.89. The average molecular weight is 368 g/mol. The average Bonchev–Trinajstić information content (AvgIpc) is 3.03. The summed E-state index contributed by atoms with van der Waals surface area (Å²) in [5, 5.41) is 0.266. The van der Waals surface area contributed by atoms with Crippen LogP contribution in [-0.4, -0.2) is 39.6 Å². The highest BCUT2D eigenvalue weighted by atomic mass is 35.5. The van der Waals surface area contributed by atoms with Crippen molar-refractivity contribution in [3.8, 4) is 5.75 Å². The lowest BCUT2D eigenvalue weighted by Crippen LogP contribution is -2.37. The lowest BCUT2D eigenvalue weighted by molar-refractivity contribution is 0.414. The van der Waals surface area contributed by atoms with Crippen LogP contribution in [0.5, 0.6) is 5.75 Å². The second-order valence-corrected chi connectivity index (χ2v) is 7.66. The summed E-state index contributed by atoms with van der Waals surface area (Å²) in [6.07, 6.45) is 2.45. The van der Waals surface area contributed by atoms with Crippen LogP contribution in [0.2, 0.25) is 5.02 Å². The fraction of sp³-hybridized carbons (Fsp3) is 0.312. The highest BCUT2D eigenvalue weighted by Crippen LogP contribution is 2.27. The van der Waals surface area contributed by atoms with Crippen LogP contribution in [0.3, 0.4) is 0 Å². The van der Waals surface area contributed by atoms with E-state index in [1.807, 2.05) is 18.2 Å². The second kappa shape index (κ2) is 6.96. The van der Waals surface area contributed by atoms with E-state index in [0.29, 0.717) is 12.3 Å². The fourth-order valence-electron chi connectivity index (χ4n) is 2.71. The number of anilines is 1. The first kappa shape index (κ1) is 17.0. The van der Waals surface area contributed by atoms with Crippen LogP contribution in [0.25, 0.3) is 0 Å². The number of pyridine rings is 1. The molecule has 0 saturated carbocycles. The van der Waals surface area contributed by atoms with Gasteiger partial charge in [-0.1, -0.05) is 17.7 Å². The number of nitrogens with zero attached hydrogens (tertiary/aromatic N) is 2. The van der Waals surface area contributed by atoms with Gasteiger partial charge in [-0.3, -0.25) is 0 Å². The third-order valence-corrected chi connectivity index (χ3v) is 5.73. The van der Waals surface area contributed by atoms with Gasteiger partial charge in [0.05, 0.1) is 17.0 Å². The molecule has 0 bridgehead atoms. The molecule has 0 aliphatic carbocycles. The molecule has 1 N–H and O–H groups in total. The molecule has 0 spiro atoms. The van der Waals surface area contributed by atoms with Gasteiger partial charge in [-0.2, -0.15) is 0 Å². The molecule has 3 rings (SSSR count). The van der Waals surface area contributed by atoms with E-state index in [-0.39, 0.29) is 16.0 Å². The van der Waals surface area contributed by atoms with Crippen molar-refractivity contribution in [2.24, 2.45) is 0 Å². The minimum Gasteiger partial charge on any atom is -0.495 e. The van der Waals surface area contributed by atoms with E-state index < -0.39 is 10.0 Å². The summed E-state index contributed by atoms with van der Waals surface area (Å²) in [6.45, 7) is 1.34. The van der Waals surface area contributed by atoms with Gasteiger partial charge < -0.3 is 9.64 Å². The lowest BCUT2D eigenvalue weighted by Gasteiger charge is -2.18. The maximum Gasteiger partial charge on any atom is 0.240 e. The van der Waals surface area contributed by atoms with Gasteiger partial charge in [0, 0.05) is 25.3 Å². The van der Waals surface area contributed by atoms with Crippen molar-refractivity contribution in [3.05, 3.63) is 47.6 Å². The van der Waals surface area contributed by atoms with Crippen LogP contribution >= 0.6 is 11.6 Å². The number of benzene rings is 1. The molecular weight excluding hydrogens is 350 g/mol. The van der Waals surface area contributed by atoms with Gasteiger partial charge in [-0.25, -0.2) is 18.1 Å². The van der Waals surface area contributed by atoms with E-state index >= 15 is 0 Å². The van der Waals surface area contributed by atoms with Gasteiger partial charge in [-0.15, -0.1) is 0 Å². The molecule has 1 atom stereocenters. The Bertz CT molecular complexity index is 815. The molecule has 1 saturated heterocycles. The minimum atomic E-state index is -3.63. The Morgan fingerprint density at radius 3 is 2.83 bits per heavy atom. The first-order valence-electron chi connectivity index (χ1n) is 7.51. The van der Waals surface area contributed by atoms with Gasteiger partial charge in [0.1, 0.15) is 11.6 Å². The van der Waals surface area contributed by atoms with Gasteiger partial charge in [0.15, 0.2) is 0 Å². The molecule has 1 aromatic heterocycles. The zero-order chi connectivity index (χ0) is 17.2. The standard InChI is InChI=1S/C16H18ClN3O3S/c1-23-15-6-5-13(10-14(15)17)24(21,22)19-12-7-9-20(11-12)16-4-2-3-8-18-16/h2-6,8,10,12,19H,7,9,11H2,1H3/t12-/m1/s1. The van der Waals surface area contributed by atoms with Crippen LogP contribution in [0.4, 0.5) is 5.82 Å². The van der Waals surface area contributed by atoms with Crippen molar-refractivity contribution in [2.75, 3.05) is 25.1 Å². The molecule has 1 fully saturated rings. The first-order valence-corrected chi connectivity index (χ1v) is 9.37. The van der Waals surface area contributed by atoms with Crippen LogP contribution in [0, 0.1) is 0 Å². The molecule has 2 aromatic rings. The molecule has 1 aromatic carbocycles. The molecule has 2 heterocycles. The van der Waals surface area contributed by atoms with Crippen molar-refractivity contribution < 1.29 is 13.2 Å². The number of methoxy groups -OCH3 is 1. The van der Waals surface area contributed by atoms with E-state index in [1.165, 1.54) is 19.2 Å². The third-order valence-electron chi connectivity index (χ3n) is 3.92. The molecule has 1 aliphatic rings. The van der Waals surface area contributed by atoms with Crippen molar-refractivity contribution in [2.45, 2.75) is 17.4 Å². The van der Waals surface area contributed by atoms with E-state index in [2.05, 4.69) is 14.6 Å². The minimum absolute atomic E-state index is 0.129. The van der Waals surface area contributed by atoms with Crippen LogP contribution in [0.15, 0.2) is 47.5 Å². The summed E-state index contributed by atoms with van der Waals surface area (Å²) in [7, 11) is -2.15. The van der Waals surface area contributed by atoms with Gasteiger partial charge in [-0.05, 0) is 36.8 Å². The molecule has 0 unspecified atom stereocenters. The SMILES string of the molecule is COc1ccc(S(=O)(=O)N[C@@H]2CCN(c3ccccn3)C2)cc1Cl. The predicted molar refractivity (Wildman–Crippen MR) is 93.2 cm³/mol. The third kappa shape index (κ3) is 3.63. The topological polar surface area (TPSA) is 71.5 Å². The largest absolute Gasteiger partial charge is 0.495 e. The smallest absolute Gasteiger partial charge is 0.240 e. The monoisotopic (exact) mass is 367 g/mol. The Hall–Kier alpha value is -1.83. The summed E-state index contributed by atoms with van der Waals surface area (Å²) < 4.78 is 32.9. The number of hydrogen-bond donors (Lipinski definition) is 1. The Kier molecular flexibility index (Phi) is 4.93. The quantitative estimate of drug-likeness (QED) is 0.878. The molecule has 1 aliphatic heterocycles. The van der Waals surface area contributed by atoms with E-state index in [1.54, 1.807) is 12.3 Å². The molecular formula is C16H18ClN3O3S. The number of nitrogens with one attached hydrogen (secondary N) is 1. The summed E-state index contributed by atoms with van der Waals surface area (Å²) in [6, 6.07) is 9.95. The molecule has 0 radical (unpaired) electrons. The molecule has 24 heavy (non-hydrogen) atoms. The van der Waals surface area contributed by atoms with E-state index in [4.69, 9.17) is 16.3 Å². The maximum atomic E-state index is 12.5. The number of sulfonamides is 1. The summed E-state index contributed by atoms with van der Waals surface area (Å²) in [5.74, 6) is 1.30. The molecule has 0 amide bonds. The summed E-state index contributed by atoms with van der Waals surface area (Å²) >= 11 is 6.02. The highest BCUT2D eigenvalue weighted by Gasteiger charge is 2.28. The lowest BCUT2D eigenvalue weighted by atomic mass is 10.3. The summed E-state index contributed by atoms with van der Waals surface area (Å²) in [5.41, 5.74) is 0. The van der Waals surface area contributed by atoms with Crippen LogP contribution in [0.1, 0.15) is 6.42 Å². The van der Waals surface area contributed by atoms with Crippen LogP contribution < -0.4 is 14.4 Å². The van der Waals surface area contributed by atoms with Gasteiger partial charge in [0.25, 0.3) is 0 Å². The molecule has 8 heteroatoms. The van der Waals surface area contributed by atoms with Gasteiger partial charge in [0.2, 0.25) is 10.0 Å². The van der Waals surface area contributed by atoms with Crippen molar-refractivity contribution in [1.29, 1.82) is 0 Å². The summed E-state index contributed by atoms with van der Waals surface area (Å²) in [4.78, 5) is 6.49. The maximum absolute atomic E-state index is 12.5. The predicted octanol–water partition coefficient (Wildman–Crippen LogP) is 2.30.